The van der Waals surface area contributed by atoms with E-state index in [4.69, 9.17) is 0 Å². The van der Waals surface area contributed by atoms with Gasteiger partial charge in [-0.05, 0) is 43.0 Å². The smallest absolute Gasteiger partial charge is 0.269 e. The van der Waals surface area contributed by atoms with Gasteiger partial charge < -0.3 is 10.0 Å². The molecule has 2 atom stereocenters. The van der Waals surface area contributed by atoms with Crippen LogP contribution in [0.25, 0.3) is 6.08 Å². The van der Waals surface area contributed by atoms with Crippen molar-refractivity contribution >= 4 is 17.7 Å². The lowest BCUT2D eigenvalue weighted by atomic mass is 9.71. The second-order valence-electron chi connectivity index (χ2n) is 6.76. The number of benzene rings is 1. The molecule has 128 valence electrons. The number of nitro benzene ring substituents is 1. The Labute approximate surface area is 140 Å². The van der Waals surface area contributed by atoms with Crippen molar-refractivity contribution < 1.29 is 14.8 Å². The largest absolute Gasteiger partial charge is 0.389 e. The zero-order valence-electron chi connectivity index (χ0n) is 13.6. The third-order valence-corrected chi connectivity index (χ3v) is 5.26. The molecule has 1 aromatic carbocycles. The SMILES string of the molecule is O=C(/C=C/c1ccc([N+](=O)[O-])cc1)N1CCC2(O)CCCCC2C1. The zero-order valence-corrected chi connectivity index (χ0v) is 13.6. The number of carbonyl (C=O) groups is 1. The molecule has 1 aliphatic heterocycles. The van der Waals surface area contributed by atoms with Crippen LogP contribution in [0.4, 0.5) is 5.69 Å². The number of nitrogens with zero attached hydrogens (tertiary/aromatic N) is 2. The predicted molar refractivity (Wildman–Crippen MR) is 90.2 cm³/mol. The van der Waals surface area contributed by atoms with E-state index in [1.165, 1.54) is 18.2 Å². The lowest BCUT2D eigenvalue weighted by Gasteiger charge is -2.47. The molecule has 1 aromatic rings. The van der Waals surface area contributed by atoms with Crippen molar-refractivity contribution in [1.82, 2.24) is 4.90 Å². The first-order chi connectivity index (χ1) is 11.5. The second-order valence-corrected chi connectivity index (χ2v) is 6.76. The Balaban J connectivity index is 1.61. The molecular weight excluding hydrogens is 308 g/mol. The van der Waals surface area contributed by atoms with E-state index in [9.17, 15) is 20.0 Å². The van der Waals surface area contributed by atoms with Crippen LogP contribution in [0, 0.1) is 16.0 Å². The Bertz CT molecular complexity index is 655. The molecule has 1 N–H and O–H groups in total. The summed E-state index contributed by atoms with van der Waals surface area (Å²) < 4.78 is 0. The predicted octanol–water partition coefficient (Wildman–Crippen LogP) is 2.76. The maximum Gasteiger partial charge on any atom is 0.269 e. The van der Waals surface area contributed by atoms with Crippen LogP contribution in [0.5, 0.6) is 0 Å². The summed E-state index contributed by atoms with van der Waals surface area (Å²) in [4.78, 5) is 24.4. The molecule has 6 nitrogen and oxygen atoms in total. The highest BCUT2D eigenvalue weighted by Gasteiger charge is 2.43. The van der Waals surface area contributed by atoms with Crippen molar-refractivity contribution in [3.63, 3.8) is 0 Å². The van der Waals surface area contributed by atoms with Crippen LogP contribution in [0.15, 0.2) is 30.3 Å². The van der Waals surface area contributed by atoms with Crippen LogP contribution in [-0.4, -0.2) is 39.5 Å². The first kappa shape index (κ1) is 16.6. The first-order valence-corrected chi connectivity index (χ1v) is 8.42. The minimum absolute atomic E-state index is 0.0334. The van der Waals surface area contributed by atoms with Crippen LogP contribution in [0.3, 0.4) is 0 Å². The molecule has 0 aromatic heterocycles. The van der Waals surface area contributed by atoms with Gasteiger partial charge in [0.15, 0.2) is 0 Å². The van der Waals surface area contributed by atoms with Gasteiger partial charge >= 0.3 is 0 Å². The maximum absolute atomic E-state index is 12.4. The van der Waals surface area contributed by atoms with Gasteiger partial charge in [-0.25, -0.2) is 0 Å². The van der Waals surface area contributed by atoms with E-state index in [2.05, 4.69) is 0 Å². The summed E-state index contributed by atoms with van der Waals surface area (Å²) in [5, 5.41) is 21.3. The molecule has 1 heterocycles. The number of carbonyl (C=O) groups excluding carboxylic acids is 1. The summed E-state index contributed by atoms with van der Waals surface area (Å²) in [6.45, 7) is 1.19. The quantitative estimate of drug-likeness (QED) is 0.525. The summed E-state index contributed by atoms with van der Waals surface area (Å²) in [6, 6.07) is 6.09. The lowest BCUT2D eigenvalue weighted by molar-refractivity contribution is -0.384. The summed E-state index contributed by atoms with van der Waals surface area (Å²) in [7, 11) is 0. The molecule has 1 aliphatic carbocycles. The van der Waals surface area contributed by atoms with Gasteiger partial charge in [-0.15, -0.1) is 0 Å². The van der Waals surface area contributed by atoms with Gasteiger partial charge in [0.2, 0.25) is 5.91 Å². The van der Waals surface area contributed by atoms with Crippen LogP contribution < -0.4 is 0 Å². The molecule has 0 bridgehead atoms. The normalized spacial score (nSPS) is 27.0. The third kappa shape index (κ3) is 3.48. The van der Waals surface area contributed by atoms with E-state index in [1.807, 2.05) is 0 Å². The number of hydrogen-bond donors (Lipinski definition) is 1. The fourth-order valence-electron chi connectivity index (χ4n) is 3.75. The number of piperidine rings is 1. The average Bonchev–Trinajstić information content (AvgIpc) is 2.59. The number of nitro groups is 1. The molecular formula is C18H22N2O4. The van der Waals surface area contributed by atoms with Crippen molar-refractivity contribution in [3.8, 4) is 0 Å². The van der Waals surface area contributed by atoms with Crippen molar-refractivity contribution in [1.29, 1.82) is 0 Å². The fraction of sp³-hybridized carbons (Fsp3) is 0.500. The fourth-order valence-corrected chi connectivity index (χ4v) is 3.75. The van der Waals surface area contributed by atoms with Gasteiger partial charge in [0.1, 0.15) is 0 Å². The van der Waals surface area contributed by atoms with Gasteiger partial charge in [0.05, 0.1) is 10.5 Å². The highest BCUT2D eigenvalue weighted by molar-refractivity contribution is 5.91. The summed E-state index contributed by atoms with van der Waals surface area (Å²) in [5.74, 6) is 0.109. The van der Waals surface area contributed by atoms with E-state index in [1.54, 1.807) is 23.1 Å². The average molecular weight is 330 g/mol. The molecule has 1 saturated carbocycles. The van der Waals surface area contributed by atoms with Crippen molar-refractivity contribution in [2.75, 3.05) is 13.1 Å². The van der Waals surface area contributed by atoms with E-state index in [0.29, 0.717) is 19.5 Å². The van der Waals surface area contributed by atoms with Crippen molar-refractivity contribution in [2.24, 2.45) is 5.92 Å². The molecule has 1 amide bonds. The second kappa shape index (κ2) is 6.73. The van der Waals surface area contributed by atoms with E-state index in [0.717, 1.165) is 31.2 Å². The number of likely N-dealkylation sites (tertiary alicyclic amines) is 1. The first-order valence-electron chi connectivity index (χ1n) is 8.42. The number of amides is 1. The molecule has 24 heavy (non-hydrogen) atoms. The highest BCUT2D eigenvalue weighted by atomic mass is 16.6. The molecule has 3 rings (SSSR count). The Morgan fingerprint density at radius 1 is 1.29 bits per heavy atom. The van der Waals surface area contributed by atoms with E-state index < -0.39 is 10.5 Å². The van der Waals surface area contributed by atoms with Crippen LogP contribution in [-0.2, 0) is 4.79 Å². The van der Waals surface area contributed by atoms with Gasteiger partial charge in [0, 0.05) is 37.2 Å². The van der Waals surface area contributed by atoms with Crippen LogP contribution in [0.2, 0.25) is 0 Å². The number of aliphatic hydroxyl groups is 1. The van der Waals surface area contributed by atoms with Crippen molar-refractivity contribution in [2.45, 2.75) is 37.7 Å². The number of hydrogen-bond acceptors (Lipinski definition) is 4. The molecule has 1 saturated heterocycles. The highest BCUT2D eigenvalue weighted by Crippen LogP contribution is 2.39. The summed E-state index contributed by atoms with van der Waals surface area (Å²) >= 11 is 0. The summed E-state index contributed by atoms with van der Waals surface area (Å²) in [5.41, 5.74) is 0.197. The standard InChI is InChI=1S/C18H22N2O4/c21-17(9-6-14-4-7-16(8-5-14)20(23)24)19-12-11-18(22)10-2-1-3-15(18)13-19/h4-9,15,22H,1-3,10-13H2/b9-6+. The van der Waals surface area contributed by atoms with Crippen LogP contribution >= 0.6 is 0 Å². The zero-order chi connectivity index (χ0) is 17.2. The molecule has 2 aliphatic rings. The number of rotatable bonds is 3. The molecule has 2 unspecified atom stereocenters. The van der Waals surface area contributed by atoms with Gasteiger partial charge in [0.25, 0.3) is 5.69 Å². The van der Waals surface area contributed by atoms with Gasteiger partial charge in [-0.1, -0.05) is 12.8 Å². The number of non-ortho nitro benzene ring substituents is 1. The maximum atomic E-state index is 12.4. The number of fused-ring (bicyclic) bond motifs is 1. The molecule has 6 heteroatoms. The molecule has 2 fully saturated rings. The Kier molecular flexibility index (Phi) is 4.66. The van der Waals surface area contributed by atoms with E-state index >= 15 is 0 Å². The summed E-state index contributed by atoms with van der Waals surface area (Å²) in [6.07, 6.45) is 7.84. The topological polar surface area (TPSA) is 83.7 Å². The Morgan fingerprint density at radius 3 is 2.75 bits per heavy atom. The third-order valence-electron chi connectivity index (χ3n) is 5.26. The minimum Gasteiger partial charge on any atom is -0.389 e. The van der Waals surface area contributed by atoms with Crippen molar-refractivity contribution in [3.05, 3.63) is 46.0 Å². The monoisotopic (exact) mass is 330 g/mol. The molecule has 0 spiro atoms. The Morgan fingerprint density at radius 2 is 2.04 bits per heavy atom. The molecule has 0 radical (unpaired) electrons. The van der Waals surface area contributed by atoms with E-state index in [-0.39, 0.29) is 17.5 Å². The van der Waals surface area contributed by atoms with Crippen LogP contribution in [0.1, 0.15) is 37.7 Å². The lowest BCUT2D eigenvalue weighted by Crippen LogP contribution is -2.54. The minimum atomic E-state index is -0.586. The van der Waals surface area contributed by atoms with Gasteiger partial charge in [-0.3, -0.25) is 14.9 Å². The Hall–Kier alpha value is -2.21. The van der Waals surface area contributed by atoms with Gasteiger partial charge in [-0.2, -0.15) is 0 Å².